The average molecular weight is 235 g/mol. The van der Waals surface area contributed by atoms with Crippen LogP contribution in [0.5, 0.6) is 0 Å². The third kappa shape index (κ3) is 1.23. The van der Waals surface area contributed by atoms with Gasteiger partial charge in [0.15, 0.2) is 0 Å². The Bertz CT molecular complexity index is 552. The molecule has 0 atom stereocenters. The molecule has 1 heterocycles. The first kappa shape index (κ1) is 10.2. The largest absolute Gasteiger partial charge is 0.361 e. The van der Waals surface area contributed by atoms with Crippen LogP contribution in [0.15, 0.2) is 18.3 Å². The zero-order chi connectivity index (χ0) is 11.3. The van der Waals surface area contributed by atoms with E-state index in [4.69, 9.17) is 17.3 Å². The Kier molecular flexibility index (Phi) is 2.07. The van der Waals surface area contributed by atoms with E-state index < -0.39 is 0 Å². The number of nitrogens with two attached hydrogens (primary N) is 1. The Hall–Kier alpha value is -0.990. The van der Waals surface area contributed by atoms with Gasteiger partial charge in [0.1, 0.15) is 0 Å². The van der Waals surface area contributed by atoms with Crippen LogP contribution in [0, 0.1) is 6.92 Å². The van der Waals surface area contributed by atoms with Gasteiger partial charge >= 0.3 is 0 Å². The molecule has 1 aromatic heterocycles. The Morgan fingerprint density at radius 3 is 2.81 bits per heavy atom. The van der Waals surface area contributed by atoms with E-state index in [0.717, 1.165) is 22.6 Å². The summed E-state index contributed by atoms with van der Waals surface area (Å²) in [6, 6.07) is 4.08. The number of aromatic nitrogens is 1. The molecule has 2 aromatic rings. The van der Waals surface area contributed by atoms with Gasteiger partial charge in [0.05, 0.1) is 5.52 Å². The quantitative estimate of drug-likeness (QED) is 0.824. The van der Waals surface area contributed by atoms with Gasteiger partial charge in [0.2, 0.25) is 0 Å². The fraction of sp³-hybridized carbons (Fsp3) is 0.385. The maximum absolute atomic E-state index is 6.12. The minimum atomic E-state index is 0.235. The predicted octanol–water partition coefficient (Wildman–Crippen LogP) is 3.12. The highest BCUT2D eigenvalue weighted by Crippen LogP contribution is 2.49. The maximum Gasteiger partial charge on any atom is 0.0501 e. The van der Waals surface area contributed by atoms with Crippen molar-refractivity contribution in [1.82, 2.24) is 4.98 Å². The van der Waals surface area contributed by atoms with Gasteiger partial charge in [-0.3, -0.25) is 0 Å². The molecule has 16 heavy (non-hydrogen) atoms. The molecule has 0 saturated heterocycles. The molecule has 1 aromatic carbocycles. The van der Waals surface area contributed by atoms with Crippen molar-refractivity contribution < 1.29 is 0 Å². The number of nitrogens with one attached hydrogen (secondary N) is 1. The predicted molar refractivity (Wildman–Crippen MR) is 68.0 cm³/mol. The zero-order valence-corrected chi connectivity index (χ0v) is 10.1. The van der Waals surface area contributed by atoms with Crippen LogP contribution in [0.25, 0.3) is 10.9 Å². The van der Waals surface area contributed by atoms with Crippen LogP contribution in [0.4, 0.5) is 0 Å². The summed E-state index contributed by atoms with van der Waals surface area (Å²) >= 11 is 6.12. The van der Waals surface area contributed by atoms with Crippen molar-refractivity contribution in [1.29, 1.82) is 0 Å². The second kappa shape index (κ2) is 3.25. The molecule has 84 valence electrons. The van der Waals surface area contributed by atoms with Crippen LogP contribution in [-0.2, 0) is 5.41 Å². The first-order chi connectivity index (χ1) is 7.68. The molecule has 1 aliphatic rings. The molecule has 2 nitrogen and oxygen atoms in total. The fourth-order valence-electron chi connectivity index (χ4n) is 2.49. The molecule has 1 saturated carbocycles. The standard InChI is InChI=1S/C13H15ClN2/c1-8-11(14)3-2-9-10(6-16-12(8)9)13(7-15)4-5-13/h2-3,6,16H,4-5,7,15H2,1H3. The molecular formula is C13H15ClN2. The van der Waals surface area contributed by atoms with Gasteiger partial charge in [0, 0.05) is 28.6 Å². The van der Waals surface area contributed by atoms with Crippen molar-refractivity contribution in [3.05, 3.63) is 34.5 Å². The third-order valence-electron chi connectivity index (χ3n) is 3.87. The summed E-state index contributed by atoms with van der Waals surface area (Å²) < 4.78 is 0. The van der Waals surface area contributed by atoms with E-state index in [-0.39, 0.29) is 5.41 Å². The SMILES string of the molecule is Cc1c(Cl)ccc2c(C3(CN)CC3)c[nH]c12. The van der Waals surface area contributed by atoms with E-state index in [1.165, 1.54) is 23.8 Å². The highest BCUT2D eigenvalue weighted by atomic mass is 35.5. The smallest absolute Gasteiger partial charge is 0.0501 e. The molecule has 0 bridgehead atoms. The lowest BCUT2D eigenvalue weighted by atomic mass is 9.95. The van der Waals surface area contributed by atoms with Gasteiger partial charge < -0.3 is 10.7 Å². The summed E-state index contributed by atoms with van der Waals surface area (Å²) in [7, 11) is 0. The van der Waals surface area contributed by atoms with Gasteiger partial charge in [-0.25, -0.2) is 0 Å². The van der Waals surface area contributed by atoms with Gasteiger partial charge in [-0.1, -0.05) is 17.7 Å². The van der Waals surface area contributed by atoms with E-state index in [9.17, 15) is 0 Å². The van der Waals surface area contributed by atoms with E-state index >= 15 is 0 Å². The summed E-state index contributed by atoms with van der Waals surface area (Å²) in [4.78, 5) is 3.34. The summed E-state index contributed by atoms with van der Waals surface area (Å²) in [5, 5.41) is 2.10. The Balaban J connectivity index is 2.26. The number of aromatic amines is 1. The Morgan fingerprint density at radius 1 is 1.44 bits per heavy atom. The highest BCUT2D eigenvalue weighted by Gasteiger charge is 2.44. The van der Waals surface area contributed by atoms with Crippen molar-refractivity contribution in [2.45, 2.75) is 25.2 Å². The first-order valence-corrected chi connectivity index (χ1v) is 6.02. The lowest BCUT2D eigenvalue weighted by Gasteiger charge is -2.11. The number of hydrogen-bond acceptors (Lipinski definition) is 1. The fourth-order valence-corrected chi connectivity index (χ4v) is 2.65. The van der Waals surface area contributed by atoms with Gasteiger partial charge in [-0.2, -0.15) is 0 Å². The number of rotatable bonds is 2. The van der Waals surface area contributed by atoms with Crippen LogP contribution in [-0.4, -0.2) is 11.5 Å². The van der Waals surface area contributed by atoms with E-state index in [1.54, 1.807) is 0 Å². The number of hydrogen-bond donors (Lipinski definition) is 2. The molecule has 0 aliphatic heterocycles. The van der Waals surface area contributed by atoms with Crippen LogP contribution in [0.1, 0.15) is 24.0 Å². The van der Waals surface area contributed by atoms with Crippen molar-refractivity contribution >= 4 is 22.5 Å². The summed E-state index contributed by atoms with van der Waals surface area (Å²) in [6.07, 6.45) is 4.52. The molecule has 0 spiro atoms. The molecule has 0 radical (unpaired) electrons. The summed E-state index contributed by atoms with van der Waals surface area (Å²) in [6.45, 7) is 2.79. The Labute approximate surface area is 99.8 Å². The van der Waals surface area contributed by atoms with Crippen LogP contribution >= 0.6 is 11.6 Å². The molecule has 3 N–H and O–H groups in total. The molecule has 1 aliphatic carbocycles. The van der Waals surface area contributed by atoms with Crippen molar-refractivity contribution in [3.8, 4) is 0 Å². The number of halogens is 1. The molecular weight excluding hydrogens is 220 g/mol. The monoisotopic (exact) mass is 234 g/mol. The Morgan fingerprint density at radius 2 is 2.19 bits per heavy atom. The molecule has 0 amide bonds. The number of aryl methyl sites for hydroxylation is 1. The number of fused-ring (bicyclic) bond motifs is 1. The van der Waals surface area contributed by atoms with E-state index in [0.29, 0.717) is 0 Å². The molecule has 1 fully saturated rings. The maximum atomic E-state index is 6.12. The van der Waals surface area contributed by atoms with Gasteiger partial charge in [0.25, 0.3) is 0 Å². The van der Waals surface area contributed by atoms with Crippen molar-refractivity contribution in [2.24, 2.45) is 5.73 Å². The highest BCUT2D eigenvalue weighted by molar-refractivity contribution is 6.32. The first-order valence-electron chi connectivity index (χ1n) is 5.65. The number of H-pyrrole nitrogens is 1. The second-order valence-corrected chi connectivity index (χ2v) is 5.19. The van der Waals surface area contributed by atoms with Gasteiger partial charge in [-0.05, 0) is 37.0 Å². The van der Waals surface area contributed by atoms with Crippen molar-refractivity contribution in [3.63, 3.8) is 0 Å². The normalized spacial score (nSPS) is 17.9. The lowest BCUT2D eigenvalue weighted by molar-refractivity contribution is 0.711. The van der Waals surface area contributed by atoms with E-state index in [1.807, 2.05) is 13.0 Å². The van der Waals surface area contributed by atoms with Crippen LogP contribution in [0.2, 0.25) is 5.02 Å². The minimum absolute atomic E-state index is 0.235. The zero-order valence-electron chi connectivity index (χ0n) is 9.31. The minimum Gasteiger partial charge on any atom is -0.361 e. The van der Waals surface area contributed by atoms with Crippen LogP contribution in [0.3, 0.4) is 0 Å². The molecule has 3 heteroatoms. The van der Waals surface area contributed by atoms with Crippen molar-refractivity contribution in [2.75, 3.05) is 6.54 Å². The van der Waals surface area contributed by atoms with Crippen LogP contribution < -0.4 is 5.73 Å². The van der Waals surface area contributed by atoms with Gasteiger partial charge in [-0.15, -0.1) is 0 Å². The summed E-state index contributed by atoms with van der Waals surface area (Å²) in [5.74, 6) is 0. The number of benzene rings is 1. The van der Waals surface area contributed by atoms with E-state index in [2.05, 4.69) is 17.2 Å². The molecule has 3 rings (SSSR count). The lowest BCUT2D eigenvalue weighted by Crippen LogP contribution is -2.19. The average Bonchev–Trinajstić information content (AvgIpc) is 2.97. The third-order valence-corrected chi connectivity index (χ3v) is 4.28. The summed E-state index contributed by atoms with van der Waals surface area (Å²) in [5.41, 5.74) is 9.76. The second-order valence-electron chi connectivity index (χ2n) is 4.78. The molecule has 0 unspecified atom stereocenters. The topological polar surface area (TPSA) is 41.8 Å².